The first-order valence-electron chi connectivity index (χ1n) is 5.92. The topological polar surface area (TPSA) is 37.3 Å². The van der Waals surface area contributed by atoms with Gasteiger partial charge < -0.3 is 5.11 Å². The molecule has 0 spiro atoms. The second-order valence-corrected chi connectivity index (χ2v) is 5.28. The monoisotopic (exact) mass is 196 g/mol. The number of carboxylic acids is 1. The number of rotatable bonds is 4. The van der Waals surface area contributed by atoms with Crippen molar-refractivity contribution in [2.45, 2.75) is 57.8 Å². The molecule has 0 heterocycles. The Labute approximate surface area is 85.7 Å². The quantitative estimate of drug-likeness (QED) is 0.749. The van der Waals surface area contributed by atoms with Gasteiger partial charge in [0.05, 0.1) is 6.42 Å². The molecule has 2 heteroatoms. The molecule has 2 rings (SSSR count). The van der Waals surface area contributed by atoms with Gasteiger partial charge in [0.15, 0.2) is 0 Å². The second-order valence-electron chi connectivity index (χ2n) is 5.28. The van der Waals surface area contributed by atoms with E-state index in [2.05, 4.69) is 0 Å². The van der Waals surface area contributed by atoms with Crippen molar-refractivity contribution in [3.8, 4) is 0 Å². The summed E-state index contributed by atoms with van der Waals surface area (Å²) < 4.78 is 0. The fourth-order valence-corrected chi connectivity index (χ4v) is 3.28. The van der Waals surface area contributed by atoms with Gasteiger partial charge in [-0.05, 0) is 30.6 Å². The van der Waals surface area contributed by atoms with Crippen LogP contribution in [0, 0.1) is 11.3 Å². The van der Waals surface area contributed by atoms with Gasteiger partial charge in [0.25, 0.3) is 0 Å². The maximum atomic E-state index is 10.8. The van der Waals surface area contributed by atoms with Crippen molar-refractivity contribution in [1.29, 1.82) is 0 Å². The van der Waals surface area contributed by atoms with E-state index in [1.165, 1.54) is 38.5 Å². The number of aliphatic carboxylic acids is 1. The molecular weight excluding hydrogens is 176 g/mol. The Bertz CT molecular complexity index is 212. The van der Waals surface area contributed by atoms with Crippen molar-refractivity contribution in [3.63, 3.8) is 0 Å². The average Bonchev–Trinajstić information content (AvgIpc) is 2.51. The third-order valence-electron chi connectivity index (χ3n) is 4.14. The first-order valence-corrected chi connectivity index (χ1v) is 5.92. The Kier molecular flexibility index (Phi) is 2.80. The zero-order valence-corrected chi connectivity index (χ0v) is 8.80. The summed E-state index contributed by atoms with van der Waals surface area (Å²) in [6.07, 6.45) is 10.6. The van der Waals surface area contributed by atoms with Gasteiger partial charge in [-0.15, -0.1) is 0 Å². The molecule has 2 aliphatic rings. The van der Waals surface area contributed by atoms with E-state index in [0.29, 0.717) is 6.42 Å². The summed E-state index contributed by atoms with van der Waals surface area (Å²) in [6, 6.07) is 0. The summed E-state index contributed by atoms with van der Waals surface area (Å²) in [5.41, 5.74) is 0.209. The minimum atomic E-state index is -0.595. The molecule has 0 amide bonds. The molecule has 0 aromatic heterocycles. The predicted molar refractivity (Wildman–Crippen MR) is 55.1 cm³/mol. The number of hydrogen-bond donors (Lipinski definition) is 1. The third kappa shape index (κ3) is 2.10. The maximum Gasteiger partial charge on any atom is 0.303 e. The minimum absolute atomic E-state index is 0.209. The van der Waals surface area contributed by atoms with E-state index in [1.807, 2.05) is 0 Å². The van der Waals surface area contributed by atoms with Gasteiger partial charge in [-0.25, -0.2) is 0 Å². The van der Waals surface area contributed by atoms with E-state index in [-0.39, 0.29) is 5.41 Å². The van der Waals surface area contributed by atoms with E-state index in [4.69, 9.17) is 5.11 Å². The highest BCUT2D eigenvalue weighted by Crippen LogP contribution is 2.50. The predicted octanol–water partition coefficient (Wildman–Crippen LogP) is 3.21. The standard InChI is InChI=1S/C12H20O2/c13-11(14)9-12(6-3-7-12)8-10-4-1-2-5-10/h10H,1-9H2,(H,13,14). The minimum Gasteiger partial charge on any atom is -0.481 e. The molecule has 0 atom stereocenters. The smallest absolute Gasteiger partial charge is 0.303 e. The summed E-state index contributed by atoms with van der Waals surface area (Å²) in [5.74, 6) is 0.248. The Morgan fingerprint density at radius 3 is 2.29 bits per heavy atom. The second kappa shape index (κ2) is 3.92. The van der Waals surface area contributed by atoms with Crippen LogP contribution in [0.25, 0.3) is 0 Å². The summed E-state index contributed by atoms with van der Waals surface area (Å²) in [4.78, 5) is 10.8. The van der Waals surface area contributed by atoms with Crippen molar-refractivity contribution in [3.05, 3.63) is 0 Å². The molecular formula is C12H20O2. The lowest BCUT2D eigenvalue weighted by Gasteiger charge is -2.42. The van der Waals surface area contributed by atoms with E-state index in [9.17, 15) is 4.79 Å². The van der Waals surface area contributed by atoms with Crippen molar-refractivity contribution < 1.29 is 9.90 Å². The Hall–Kier alpha value is -0.530. The molecule has 1 N–H and O–H groups in total. The SMILES string of the molecule is O=C(O)CC1(CC2CCCC2)CCC1. The van der Waals surface area contributed by atoms with E-state index >= 15 is 0 Å². The van der Waals surface area contributed by atoms with Crippen molar-refractivity contribution in [1.82, 2.24) is 0 Å². The summed E-state index contributed by atoms with van der Waals surface area (Å²) >= 11 is 0. The van der Waals surface area contributed by atoms with Gasteiger partial charge in [-0.3, -0.25) is 4.79 Å². The van der Waals surface area contributed by atoms with E-state index in [1.54, 1.807) is 0 Å². The first-order chi connectivity index (χ1) is 6.70. The molecule has 2 saturated carbocycles. The van der Waals surface area contributed by atoms with Crippen LogP contribution in [0.3, 0.4) is 0 Å². The van der Waals surface area contributed by atoms with Crippen LogP contribution in [0.2, 0.25) is 0 Å². The van der Waals surface area contributed by atoms with Crippen LogP contribution in [-0.2, 0) is 4.79 Å². The third-order valence-corrected chi connectivity index (χ3v) is 4.14. The van der Waals surface area contributed by atoms with E-state index < -0.39 is 5.97 Å². The summed E-state index contributed by atoms with van der Waals surface area (Å²) in [5, 5.41) is 8.89. The van der Waals surface area contributed by atoms with Gasteiger partial charge in [0.1, 0.15) is 0 Å². The summed E-state index contributed by atoms with van der Waals surface area (Å²) in [6.45, 7) is 0. The lowest BCUT2D eigenvalue weighted by Crippen LogP contribution is -2.33. The molecule has 0 aliphatic heterocycles. The van der Waals surface area contributed by atoms with Gasteiger partial charge in [-0.2, -0.15) is 0 Å². The van der Waals surface area contributed by atoms with Crippen molar-refractivity contribution >= 4 is 5.97 Å². The molecule has 0 unspecified atom stereocenters. The van der Waals surface area contributed by atoms with Crippen LogP contribution in [0.1, 0.15) is 57.8 Å². The Balaban J connectivity index is 1.87. The zero-order chi connectivity index (χ0) is 10.0. The van der Waals surface area contributed by atoms with Gasteiger partial charge in [0, 0.05) is 0 Å². The van der Waals surface area contributed by atoms with Crippen LogP contribution in [-0.4, -0.2) is 11.1 Å². The highest BCUT2D eigenvalue weighted by atomic mass is 16.4. The molecule has 80 valence electrons. The normalized spacial score (nSPS) is 26.0. The Morgan fingerprint density at radius 2 is 1.86 bits per heavy atom. The molecule has 14 heavy (non-hydrogen) atoms. The van der Waals surface area contributed by atoms with Crippen molar-refractivity contribution in [2.75, 3.05) is 0 Å². The molecule has 0 radical (unpaired) electrons. The number of hydrogen-bond acceptors (Lipinski definition) is 1. The molecule has 2 nitrogen and oxygen atoms in total. The fourth-order valence-electron chi connectivity index (χ4n) is 3.28. The van der Waals surface area contributed by atoms with Crippen LogP contribution in [0.15, 0.2) is 0 Å². The lowest BCUT2D eigenvalue weighted by molar-refractivity contribution is -0.141. The molecule has 2 fully saturated rings. The molecule has 0 bridgehead atoms. The first kappa shape index (κ1) is 10.0. The zero-order valence-electron chi connectivity index (χ0n) is 8.80. The van der Waals surface area contributed by atoms with Crippen LogP contribution < -0.4 is 0 Å². The fraction of sp³-hybridized carbons (Fsp3) is 0.917. The molecule has 2 aliphatic carbocycles. The van der Waals surface area contributed by atoms with Gasteiger partial charge in [-0.1, -0.05) is 32.1 Å². The summed E-state index contributed by atoms with van der Waals surface area (Å²) in [7, 11) is 0. The number of carbonyl (C=O) groups is 1. The van der Waals surface area contributed by atoms with Crippen LogP contribution in [0.4, 0.5) is 0 Å². The van der Waals surface area contributed by atoms with E-state index in [0.717, 1.165) is 18.8 Å². The van der Waals surface area contributed by atoms with Gasteiger partial charge in [0.2, 0.25) is 0 Å². The number of carboxylic acid groups (broad SMARTS) is 1. The average molecular weight is 196 g/mol. The molecule has 0 saturated heterocycles. The highest BCUT2D eigenvalue weighted by Gasteiger charge is 2.40. The van der Waals surface area contributed by atoms with Crippen LogP contribution in [0.5, 0.6) is 0 Å². The van der Waals surface area contributed by atoms with Crippen LogP contribution >= 0.6 is 0 Å². The largest absolute Gasteiger partial charge is 0.481 e. The molecule has 0 aromatic carbocycles. The maximum absolute atomic E-state index is 10.8. The lowest BCUT2D eigenvalue weighted by atomic mass is 9.62. The highest BCUT2D eigenvalue weighted by molar-refractivity contribution is 5.67. The Morgan fingerprint density at radius 1 is 1.21 bits per heavy atom. The van der Waals surface area contributed by atoms with Crippen molar-refractivity contribution in [2.24, 2.45) is 11.3 Å². The molecule has 0 aromatic rings. The van der Waals surface area contributed by atoms with Gasteiger partial charge >= 0.3 is 5.97 Å².